The summed E-state index contributed by atoms with van der Waals surface area (Å²) in [6, 6.07) is 5.72. The summed E-state index contributed by atoms with van der Waals surface area (Å²) in [4.78, 5) is 10.4. The lowest BCUT2D eigenvalue weighted by Crippen LogP contribution is -2.31. The molecular formula is C11H14FNO2. The van der Waals surface area contributed by atoms with E-state index in [1.807, 2.05) is 6.92 Å². The van der Waals surface area contributed by atoms with Crippen LogP contribution in [0.3, 0.4) is 0 Å². The van der Waals surface area contributed by atoms with E-state index in [4.69, 9.17) is 10.8 Å². The average molecular weight is 211 g/mol. The number of carbonyl (C=O) groups is 1. The van der Waals surface area contributed by atoms with Gasteiger partial charge in [-0.1, -0.05) is 29.8 Å². The van der Waals surface area contributed by atoms with Crippen molar-refractivity contribution in [2.24, 2.45) is 5.73 Å². The molecule has 3 N–H and O–H groups in total. The van der Waals surface area contributed by atoms with E-state index in [0.717, 1.165) is 5.56 Å². The van der Waals surface area contributed by atoms with E-state index in [9.17, 15) is 9.18 Å². The van der Waals surface area contributed by atoms with Crippen molar-refractivity contribution in [1.82, 2.24) is 0 Å². The number of aryl methyl sites for hydroxylation is 1. The Balaban J connectivity index is 2.64. The first-order chi connectivity index (χ1) is 7.00. The van der Waals surface area contributed by atoms with Gasteiger partial charge in [-0.3, -0.25) is 4.79 Å². The second-order valence-electron chi connectivity index (χ2n) is 3.56. The molecule has 2 unspecified atom stereocenters. The Morgan fingerprint density at radius 3 is 2.47 bits per heavy atom. The predicted octanol–water partition coefficient (Wildman–Crippen LogP) is 1.81. The molecule has 0 aliphatic carbocycles. The first-order valence-corrected chi connectivity index (χ1v) is 4.69. The van der Waals surface area contributed by atoms with Gasteiger partial charge >= 0.3 is 5.97 Å². The van der Waals surface area contributed by atoms with Gasteiger partial charge in [-0.15, -0.1) is 0 Å². The SMILES string of the molecule is Cc1ccc(C(F)CC(N)C(=O)O)cc1. The minimum atomic E-state index is -1.32. The number of aliphatic carboxylic acids is 1. The zero-order chi connectivity index (χ0) is 11.4. The van der Waals surface area contributed by atoms with E-state index >= 15 is 0 Å². The summed E-state index contributed by atoms with van der Waals surface area (Å²) < 4.78 is 13.5. The third-order valence-corrected chi connectivity index (χ3v) is 2.22. The van der Waals surface area contributed by atoms with Crippen molar-refractivity contribution < 1.29 is 14.3 Å². The van der Waals surface area contributed by atoms with Crippen molar-refractivity contribution in [2.45, 2.75) is 25.6 Å². The number of nitrogens with two attached hydrogens (primary N) is 1. The van der Waals surface area contributed by atoms with Gasteiger partial charge < -0.3 is 10.8 Å². The van der Waals surface area contributed by atoms with Gasteiger partial charge in [-0.25, -0.2) is 4.39 Å². The molecule has 3 nitrogen and oxygen atoms in total. The van der Waals surface area contributed by atoms with E-state index in [1.54, 1.807) is 24.3 Å². The molecule has 1 aromatic rings. The maximum atomic E-state index is 13.5. The Labute approximate surface area is 87.7 Å². The van der Waals surface area contributed by atoms with Gasteiger partial charge in [0.05, 0.1) is 0 Å². The fourth-order valence-corrected chi connectivity index (χ4v) is 1.24. The lowest BCUT2D eigenvalue weighted by Gasteiger charge is -2.11. The normalized spacial score (nSPS) is 14.6. The van der Waals surface area contributed by atoms with Gasteiger partial charge in [0.25, 0.3) is 0 Å². The smallest absolute Gasteiger partial charge is 0.320 e. The molecule has 0 amide bonds. The van der Waals surface area contributed by atoms with Crippen LogP contribution in [0.2, 0.25) is 0 Å². The molecule has 82 valence electrons. The van der Waals surface area contributed by atoms with Crippen molar-refractivity contribution in [3.05, 3.63) is 35.4 Å². The highest BCUT2D eigenvalue weighted by molar-refractivity contribution is 5.73. The van der Waals surface area contributed by atoms with Crippen LogP contribution in [-0.4, -0.2) is 17.1 Å². The number of rotatable bonds is 4. The summed E-state index contributed by atoms with van der Waals surface area (Å²) in [6.45, 7) is 1.90. The molecule has 0 saturated carbocycles. The standard InChI is InChI=1S/C11H14FNO2/c1-7-2-4-8(5-3-7)9(12)6-10(13)11(14)15/h2-5,9-10H,6,13H2,1H3,(H,14,15). The zero-order valence-corrected chi connectivity index (χ0v) is 8.48. The van der Waals surface area contributed by atoms with Crippen LogP contribution in [0.4, 0.5) is 4.39 Å². The molecular weight excluding hydrogens is 197 g/mol. The Morgan fingerprint density at radius 1 is 1.47 bits per heavy atom. The van der Waals surface area contributed by atoms with Gasteiger partial charge in [0.15, 0.2) is 0 Å². The van der Waals surface area contributed by atoms with Crippen molar-refractivity contribution in [2.75, 3.05) is 0 Å². The molecule has 1 rings (SSSR count). The summed E-state index contributed by atoms with van der Waals surface area (Å²) >= 11 is 0. The van der Waals surface area contributed by atoms with Crippen LogP contribution in [0.1, 0.15) is 23.7 Å². The summed E-state index contributed by atoms with van der Waals surface area (Å²) in [5, 5.41) is 8.53. The first kappa shape index (κ1) is 11.7. The minimum absolute atomic E-state index is 0.196. The number of carboxylic acids is 1. The second-order valence-corrected chi connectivity index (χ2v) is 3.56. The van der Waals surface area contributed by atoms with Crippen LogP contribution >= 0.6 is 0 Å². The Bertz CT molecular complexity index is 337. The van der Waals surface area contributed by atoms with E-state index in [-0.39, 0.29) is 6.42 Å². The maximum absolute atomic E-state index is 13.5. The van der Waals surface area contributed by atoms with Crippen molar-refractivity contribution in [3.63, 3.8) is 0 Å². The number of halogens is 1. The number of hydrogen-bond acceptors (Lipinski definition) is 2. The molecule has 0 aromatic heterocycles. The second kappa shape index (κ2) is 4.89. The molecule has 0 aliphatic rings. The van der Waals surface area contributed by atoms with E-state index in [2.05, 4.69) is 0 Å². The average Bonchev–Trinajstić information content (AvgIpc) is 2.18. The predicted molar refractivity (Wildman–Crippen MR) is 55.3 cm³/mol. The van der Waals surface area contributed by atoms with Crippen molar-refractivity contribution >= 4 is 5.97 Å². The fourth-order valence-electron chi connectivity index (χ4n) is 1.24. The number of benzene rings is 1. The van der Waals surface area contributed by atoms with Gasteiger partial charge in [0, 0.05) is 6.42 Å². The Morgan fingerprint density at radius 2 is 2.00 bits per heavy atom. The first-order valence-electron chi connectivity index (χ1n) is 4.69. The van der Waals surface area contributed by atoms with Crippen LogP contribution in [0.25, 0.3) is 0 Å². The number of hydrogen-bond donors (Lipinski definition) is 2. The quantitative estimate of drug-likeness (QED) is 0.798. The summed E-state index contributed by atoms with van der Waals surface area (Å²) in [6.07, 6.45) is -1.52. The highest BCUT2D eigenvalue weighted by atomic mass is 19.1. The van der Waals surface area contributed by atoms with Gasteiger partial charge in [-0.2, -0.15) is 0 Å². The van der Waals surface area contributed by atoms with Crippen LogP contribution in [0.5, 0.6) is 0 Å². The summed E-state index contributed by atoms with van der Waals surface area (Å²) in [7, 11) is 0. The third-order valence-electron chi connectivity index (χ3n) is 2.22. The molecule has 0 fully saturated rings. The van der Waals surface area contributed by atoms with Crippen LogP contribution in [0, 0.1) is 6.92 Å². The highest BCUT2D eigenvalue weighted by Gasteiger charge is 2.19. The summed E-state index contributed by atoms with van der Waals surface area (Å²) in [5.41, 5.74) is 6.75. The van der Waals surface area contributed by atoms with Crippen molar-refractivity contribution in [3.8, 4) is 0 Å². The molecule has 0 radical (unpaired) electrons. The third kappa shape index (κ3) is 3.32. The monoisotopic (exact) mass is 211 g/mol. The fraction of sp³-hybridized carbons (Fsp3) is 0.364. The van der Waals surface area contributed by atoms with Gasteiger partial charge in [-0.05, 0) is 12.5 Å². The van der Waals surface area contributed by atoms with E-state index in [0.29, 0.717) is 5.56 Å². The number of alkyl halides is 1. The molecule has 0 aliphatic heterocycles. The largest absolute Gasteiger partial charge is 0.480 e. The molecule has 4 heteroatoms. The molecule has 1 aromatic carbocycles. The minimum Gasteiger partial charge on any atom is -0.480 e. The Kier molecular flexibility index (Phi) is 3.80. The lowest BCUT2D eigenvalue weighted by molar-refractivity contribution is -0.139. The van der Waals surface area contributed by atoms with Crippen LogP contribution < -0.4 is 5.73 Å². The Hall–Kier alpha value is -1.42. The maximum Gasteiger partial charge on any atom is 0.320 e. The molecule has 0 spiro atoms. The molecule has 0 bridgehead atoms. The summed E-state index contributed by atoms with van der Waals surface area (Å²) in [5.74, 6) is -1.18. The van der Waals surface area contributed by atoms with E-state index < -0.39 is 18.2 Å². The molecule has 0 saturated heterocycles. The topological polar surface area (TPSA) is 63.3 Å². The number of carboxylic acid groups (broad SMARTS) is 1. The van der Waals surface area contributed by atoms with Crippen LogP contribution in [-0.2, 0) is 4.79 Å². The molecule has 2 atom stereocenters. The lowest BCUT2D eigenvalue weighted by atomic mass is 10.0. The molecule has 0 heterocycles. The van der Waals surface area contributed by atoms with E-state index in [1.165, 1.54) is 0 Å². The molecule has 15 heavy (non-hydrogen) atoms. The van der Waals surface area contributed by atoms with Crippen LogP contribution in [0.15, 0.2) is 24.3 Å². The van der Waals surface area contributed by atoms with Gasteiger partial charge in [0.1, 0.15) is 12.2 Å². The van der Waals surface area contributed by atoms with Crippen molar-refractivity contribution in [1.29, 1.82) is 0 Å². The zero-order valence-electron chi connectivity index (χ0n) is 8.48. The van der Waals surface area contributed by atoms with Gasteiger partial charge in [0.2, 0.25) is 0 Å². The highest BCUT2D eigenvalue weighted by Crippen LogP contribution is 2.22.